The molecule has 4 aromatic rings. The highest BCUT2D eigenvalue weighted by atomic mass is 35.5. The van der Waals surface area contributed by atoms with Gasteiger partial charge in [0.15, 0.2) is 22.4 Å². The first-order chi connectivity index (χ1) is 16.3. The second-order valence-corrected chi connectivity index (χ2v) is 9.07. The molecule has 0 aliphatic heterocycles. The number of nitrogens with one attached hydrogen (secondary N) is 1. The van der Waals surface area contributed by atoms with Gasteiger partial charge in [-0.1, -0.05) is 23.7 Å². The first kappa shape index (κ1) is 23.5. The van der Waals surface area contributed by atoms with Crippen LogP contribution in [-0.4, -0.2) is 60.0 Å². The van der Waals surface area contributed by atoms with Crippen molar-refractivity contribution in [1.82, 2.24) is 24.5 Å². The fourth-order valence-corrected chi connectivity index (χ4v) is 4.04. The van der Waals surface area contributed by atoms with Crippen LogP contribution >= 0.6 is 11.6 Å². The number of methoxy groups -OCH3 is 2. The Morgan fingerprint density at radius 3 is 2.29 bits per heavy atom. The van der Waals surface area contributed by atoms with Gasteiger partial charge < -0.3 is 14.2 Å². The zero-order valence-electron chi connectivity index (χ0n) is 18.7. The lowest BCUT2D eigenvalue weighted by Gasteiger charge is -2.16. The minimum absolute atomic E-state index is 0.127. The van der Waals surface area contributed by atoms with Crippen molar-refractivity contribution in [2.75, 3.05) is 31.8 Å². The third-order valence-electron chi connectivity index (χ3n) is 4.60. The van der Waals surface area contributed by atoms with Crippen LogP contribution in [0.2, 0.25) is 5.15 Å². The minimum atomic E-state index is -3.65. The lowest BCUT2D eigenvalue weighted by Crippen LogP contribution is -2.12. The van der Waals surface area contributed by atoms with Crippen molar-refractivity contribution in [3.8, 4) is 34.6 Å². The number of fused-ring (bicyclic) bond motifs is 1. The number of sulfonamides is 1. The maximum absolute atomic E-state index is 11.7. The van der Waals surface area contributed by atoms with Gasteiger partial charge in [-0.2, -0.15) is 0 Å². The van der Waals surface area contributed by atoms with Crippen molar-refractivity contribution in [1.29, 1.82) is 0 Å². The van der Waals surface area contributed by atoms with Crippen molar-refractivity contribution in [2.24, 2.45) is 0 Å². The Labute approximate surface area is 200 Å². The maximum Gasteiger partial charge on any atom is 0.231 e. The number of aromatic nitrogens is 5. The molecule has 0 saturated heterocycles. The Hall–Kier alpha value is -3.64. The Morgan fingerprint density at radius 2 is 1.68 bits per heavy atom. The van der Waals surface area contributed by atoms with Crippen LogP contribution in [0.5, 0.6) is 17.4 Å². The van der Waals surface area contributed by atoms with E-state index in [1.807, 2.05) is 6.92 Å². The summed E-state index contributed by atoms with van der Waals surface area (Å²) in [6.45, 7) is 2.29. The molecule has 178 valence electrons. The van der Waals surface area contributed by atoms with Crippen LogP contribution in [0.15, 0.2) is 36.4 Å². The van der Waals surface area contributed by atoms with Crippen molar-refractivity contribution < 1.29 is 22.6 Å². The van der Waals surface area contributed by atoms with E-state index in [-0.39, 0.29) is 22.3 Å². The summed E-state index contributed by atoms with van der Waals surface area (Å²) >= 11 is 6.30. The first-order valence-electron chi connectivity index (χ1n) is 10.0. The minimum Gasteiger partial charge on any atom is -0.494 e. The number of pyridine rings is 1. The number of hydrogen-bond donors (Lipinski definition) is 1. The number of hydrogen-bond acceptors (Lipinski definition) is 9. The molecular weight excluding hydrogens is 484 g/mol. The van der Waals surface area contributed by atoms with E-state index in [0.29, 0.717) is 41.2 Å². The first-order valence-corrected chi connectivity index (χ1v) is 12.3. The number of para-hydroxylation sites is 1. The van der Waals surface area contributed by atoms with E-state index >= 15 is 0 Å². The van der Waals surface area contributed by atoms with Gasteiger partial charge in [0, 0.05) is 6.07 Å². The number of rotatable bonds is 8. The molecule has 0 atom stereocenters. The third kappa shape index (κ3) is 4.54. The molecule has 0 spiro atoms. The van der Waals surface area contributed by atoms with Gasteiger partial charge in [0.25, 0.3) is 0 Å². The van der Waals surface area contributed by atoms with Crippen LogP contribution in [0.25, 0.3) is 28.5 Å². The van der Waals surface area contributed by atoms with Gasteiger partial charge in [-0.05, 0) is 25.1 Å². The van der Waals surface area contributed by atoms with Gasteiger partial charge in [-0.25, -0.2) is 28.4 Å². The molecule has 0 amide bonds. The predicted octanol–water partition coefficient (Wildman–Crippen LogP) is 3.32. The van der Waals surface area contributed by atoms with E-state index in [1.165, 1.54) is 14.2 Å². The van der Waals surface area contributed by atoms with Crippen LogP contribution < -0.4 is 18.9 Å². The smallest absolute Gasteiger partial charge is 0.231 e. The summed E-state index contributed by atoms with van der Waals surface area (Å²) in [6.07, 6.45) is 0.988. The average Bonchev–Trinajstić information content (AvgIpc) is 3.15. The van der Waals surface area contributed by atoms with Gasteiger partial charge >= 0.3 is 0 Å². The van der Waals surface area contributed by atoms with Gasteiger partial charge in [0.1, 0.15) is 22.9 Å². The number of ether oxygens (including phenoxy) is 3. The van der Waals surface area contributed by atoms with Crippen molar-refractivity contribution in [3.63, 3.8) is 0 Å². The summed E-state index contributed by atoms with van der Waals surface area (Å²) in [5.41, 5.74) is 1.31. The highest BCUT2D eigenvalue weighted by Gasteiger charge is 2.25. The molecule has 1 N–H and O–H groups in total. The van der Waals surface area contributed by atoms with E-state index in [1.54, 1.807) is 41.0 Å². The van der Waals surface area contributed by atoms with Crippen molar-refractivity contribution in [3.05, 3.63) is 41.6 Å². The fourth-order valence-electron chi connectivity index (χ4n) is 3.32. The van der Waals surface area contributed by atoms with Crippen LogP contribution in [0.4, 0.5) is 5.82 Å². The zero-order chi connectivity index (χ0) is 24.5. The summed E-state index contributed by atoms with van der Waals surface area (Å²) < 4.78 is 44.1. The number of nitrogens with zero attached hydrogens (tertiary/aromatic N) is 5. The number of anilines is 1. The number of halogens is 1. The van der Waals surface area contributed by atoms with Gasteiger partial charge in [0.2, 0.25) is 21.6 Å². The largest absolute Gasteiger partial charge is 0.494 e. The summed E-state index contributed by atoms with van der Waals surface area (Å²) in [5.74, 6) is 1.54. The molecule has 0 aliphatic rings. The monoisotopic (exact) mass is 504 g/mol. The molecule has 0 unspecified atom stereocenters. The van der Waals surface area contributed by atoms with E-state index in [4.69, 9.17) is 25.8 Å². The molecule has 11 nitrogen and oxygen atoms in total. The molecule has 3 aromatic heterocycles. The van der Waals surface area contributed by atoms with E-state index in [0.717, 1.165) is 6.26 Å². The SMILES string of the molecule is CCOc1cccc(-c2nc3nc(NS(C)(=O)=O)c(Cl)nc3n2-c2c(OC)cccc2OC)n1. The van der Waals surface area contributed by atoms with E-state index in [9.17, 15) is 8.42 Å². The normalized spacial score (nSPS) is 11.4. The molecule has 0 radical (unpaired) electrons. The molecule has 0 fully saturated rings. The topological polar surface area (TPSA) is 130 Å². The standard InChI is InChI=1S/C21H21ClN6O5S/c1-5-33-15-11-6-8-12(23-15)20-26-19-21(24-17(22)18(25-19)27-34(4,29)30)28(20)16-13(31-2)9-7-10-14(16)32-3/h6-11H,5H2,1-4H3,(H,25,27). The van der Waals surface area contributed by atoms with Crippen LogP contribution in [0, 0.1) is 0 Å². The second-order valence-electron chi connectivity index (χ2n) is 6.96. The molecule has 0 aliphatic carbocycles. The van der Waals surface area contributed by atoms with Gasteiger partial charge in [0.05, 0.1) is 27.1 Å². The van der Waals surface area contributed by atoms with Crippen molar-refractivity contribution >= 4 is 38.7 Å². The Morgan fingerprint density at radius 1 is 1.00 bits per heavy atom. The Balaban J connectivity index is 2.08. The lowest BCUT2D eigenvalue weighted by molar-refractivity contribution is 0.327. The summed E-state index contributed by atoms with van der Waals surface area (Å²) in [4.78, 5) is 17.9. The Bertz CT molecular complexity index is 1450. The Kier molecular flexibility index (Phi) is 6.44. The summed E-state index contributed by atoms with van der Waals surface area (Å²) in [5, 5.41) is -0.157. The number of imidazole rings is 1. The molecule has 0 saturated carbocycles. The summed E-state index contributed by atoms with van der Waals surface area (Å²) in [6, 6.07) is 10.5. The molecule has 13 heteroatoms. The highest BCUT2D eigenvalue weighted by Crippen LogP contribution is 2.38. The maximum atomic E-state index is 11.7. The number of benzene rings is 1. The highest BCUT2D eigenvalue weighted by molar-refractivity contribution is 7.92. The molecule has 4 rings (SSSR count). The summed E-state index contributed by atoms with van der Waals surface area (Å²) in [7, 11) is -0.598. The predicted molar refractivity (Wildman–Crippen MR) is 128 cm³/mol. The molecule has 34 heavy (non-hydrogen) atoms. The van der Waals surface area contributed by atoms with Gasteiger partial charge in [-0.15, -0.1) is 0 Å². The van der Waals surface area contributed by atoms with E-state index < -0.39 is 10.0 Å². The lowest BCUT2D eigenvalue weighted by atomic mass is 10.2. The van der Waals surface area contributed by atoms with E-state index in [2.05, 4.69) is 24.7 Å². The molecule has 1 aromatic carbocycles. The van der Waals surface area contributed by atoms with Gasteiger partial charge in [-0.3, -0.25) is 9.29 Å². The molecular formula is C21H21ClN6O5S. The van der Waals surface area contributed by atoms with Crippen LogP contribution in [0.1, 0.15) is 6.92 Å². The average molecular weight is 505 g/mol. The van der Waals surface area contributed by atoms with Crippen LogP contribution in [-0.2, 0) is 10.0 Å². The zero-order valence-corrected chi connectivity index (χ0v) is 20.3. The quantitative estimate of drug-likeness (QED) is 0.384. The third-order valence-corrected chi connectivity index (χ3v) is 5.43. The second kappa shape index (κ2) is 9.31. The molecule has 3 heterocycles. The van der Waals surface area contributed by atoms with Crippen LogP contribution in [0.3, 0.4) is 0 Å². The fraction of sp³-hybridized carbons (Fsp3) is 0.238. The van der Waals surface area contributed by atoms with Crippen molar-refractivity contribution in [2.45, 2.75) is 6.92 Å². The molecule has 0 bridgehead atoms.